The highest BCUT2D eigenvalue weighted by Gasteiger charge is 2.21. The molecule has 1 saturated carbocycles. The Morgan fingerprint density at radius 1 is 1.10 bits per heavy atom. The number of nitrogens with one attached hydrogen (secondary N) is 2. The van der Waals surface area contributed by atoms with E-state index in [0.717, 1.165) is 30.7 Å². The first-order chi connectivity index (χ1) is 10.0. The maximum atomic E-state index is 12.8. The first-order valence-electron chi connectivity index (χ1n) is 6.54. The number of hydrogen-bond donors (Lipinski definition) is 2. The van der Waals surface area contributed by atoms with Crippen LogP contribution in [0.2, 0.25) is 0 Å². The Labute approximate surface area is 122 Å². The van der Waals surface area contributed by atoms with Crippen LogP contribution >= 0.6 is 0 Å². The lowest BCUT2D eigenvalue weighted by atomic mass is 10.4. The molecular weight excluding hydrogens is 293 g/mol. The molecule has 21 heavy (non-hydrogen) atoms. The Hall–Kier alpha value is -2.15. The molecule has 0 radical (unpaired) electrons. The smallest absolute Gasteiger partial charge is 0.263 e. The summed E-state index contributed by atoms with van der Waals surface area (Å²) in [6.07, 6.45) is 3.89. The van der Waals surface area contributed by atoms with E-state index in [9.17, 15) is 12.8 Å². The maximum Gasteiger partial charge on any atom is 0.263 e. The van der Waals surface area contributed by atoms with Crippen molar-refractivity contribution in [3.63, 3.8) is 0 Å². The molecule has 0 saturated heterocycles. The molecule has 0 unspecified atom stereocenters. The Morgan fingerprint density at radius 3 is 2.38 bits per heavy atom. The fourth-order valence-corrected chi connectivity index (χ4v) is 2.82. The molecule has 0 atom stereocenters. The highest BCUT2D eigenvalue weighted by atomic mass is 32.2. The van der Waals surface area contributed by atoms with Gasteiger partial charge in [0.05, 0.1) is 16.8 Å². The molecule has 110 valence electrons. The SMILES string of the molecule is O=S(=O)(Nc1ccc(NC2CC2)cn1)c1ccc(F)cc1. The van der Waals surface area contributed by atoms with Crippen LogP contribution in [0.5, 0.6) is 0 Å². The van der Waals surface area contributed by atoms with Gasteiger partial charge in [0, 0.05) is 6.04 Å². The van der Waals surface area contributed by atoms with Gasteiger partial charge in [-0.25, -0.2) is 17.8 Å². The molecule has 0 spiro atoms. The van der Waals surface area contributed by atoms with E-state index in [1.807, 2.05) is 0 Å². The second kappa shape index (κ2) is 5.33. The molecule has 0 amide bonds. The summed E-state index contributed by atoms with van der Waals surface area (Å²) in [5.74, 6) is -0.261. The fourth-order valence-electron chi connectivity index (χ4n) is 1.81. The molecule has 1 fully saturated rings. The standard InChI is InChI=1S/C14H14FN3O2S/c15-10-1-6-13(7-2-10)21(19,20)18-14-8-5-12(9-16-14)17-11-3-4-11/h1-2,5-9,11,17H,3-4H2,(H,16,18). The number of nitrogens with zero attached hydrogens (tertiary/aromatic N) is 1. The van der Waals surface area contributed by atoms with Crippen LogP contribution in [0.1, 0.15) is 12.8 Å². The Morgan fingerprint density at radius 2 is 1.81 bits per heavy atom. The molecule has 1 aromatic carbocycles. The minimum Gasteiger partial charge on any atom is -0.381 e. The Bertz CT molecular complexity index is 726. The van der Waals surface area contributed by atoms with Crippen molar-refractivity contribution < 1.29 is 12.8 Å². The molecule has 5 nitrogen and oxygen atoms in total. The number of hydrogen-bond acceptors (Lipinski definition) is 4. The van der Waals surface area contributed by atoms with E-state index in [1.165, 1.54) is 12.1 Å². The van der Waals surface area contributed by atoms with Crippen LogP contribution < -0.4 is 10.0 Å². The molecule has 1 aliphatic rings. The van der Waals surface area contributed by atoms with Crippen LogP contribution in [0.3, 0.4) is 0 Å². The first kappa shape index (κ1) is 13.8. The van der Waals surface area contributed by atoms with Crippen molar-refractivity contribution in [2.24, 2.45) is 0 Å². The van der Waals surface area contributed by atoms with E-state index < -0.39 is 15.8 Å². The number of halogens is 1. The summed E-state index contributed by atoms with van der Waals surface area (Å²) < 4.78 is 39.4. The number of rotatable bonds is 5. The average Bonchev–Trinajstić information content (AvgIpc) is 3.25. The van der Waals surface area contributed by atoms with E-state index >= 15 is 0 Å². The predicted molar refractivity (Wildman–Crippen MR) is 78.1 cm³/mol. The zero-order valence-corrected chi connectivity index (χ0v) is 11.9. The summed E-state index contributed by atoms with van der Waals surface area (Å²) >= 11 is 0. The van der Waals surface area contributed by atoms with Crippen LogP contribution in [-0.2, 0) is 10.0 Å². The second-order valence-corrected chi connectivity index (χ2v) is 6.59. The lowest BCUT2D eigenvalue weighted by molar-refractivity contribution is 0.599. The summed E-state index contributed by atoms with van der Waals surface area (Å²) in [6.45, 7) is 0. The Balaban J connectivity index is 1.73. The lowest BCUT2D eigenvalue weighted by Gasteiger charge is -2.08. The van der Waals surface area contributed by atoms with Gasteiger partial charge in [0.15, 0.2) is 0 Å². The van der Waals surface area contributed by atoms with Gasteiger partial charge in [-0.1, -0.05) is 0 Å². The van der Waals surface area contributed by atoms with Gasteiger partial charge in [0.25, 0.3) is 10.0 Å². The van der Waals surface area contributed by atoms with Crippen molar-refractivity contribution in [3.8, 4) is 0 Å². The largest absolute Gasteiger partial charge is 0.381 e. The molecule has 0 aliphatic heterocycles. The van der Waals surface area contributed by atoms with Gasteiger partial charge in [-0.05, 0) is 49.2 Å². The number of aromatic nitrogens is 1. The first-order valence-corrected chi connectivity index (χ1v) is 8.02. The summed E-state index contributed by atoms with van der Waals surface area (Å²) in [4.78, 5) is 4.05. The van der Waals surface area contributed by atoms with Crippen molar-refractivity contribution in [2.45, 2.75) is 23.8 Å². The zero-order chi connectivity index (χ0) is 14.9. The van der Waals surface area contributed by atoms with Gasteiger partial charge in [-0.15, -0.1) is 0 Å². The zero-order valence-electron chi connectivity index (χ0n) is 11.1. The number of sulfonamides is 1. The van der Waals surface area contributed by atoms with Gasteiger partial charge in [0.2, 0.25) is 0 Å². The minimum atomic E-state index is -3.75. The average molecular weight is 307 g/mol. The molecule has 0 bridgehead atoms. The van der Waals surface area contributed by atoms with Crippen molar-refractivity contribution in [2.75, 3.05) is 10.0 Å². The lowest BCUT2D eigenvalue weighted by Crippen LogP contribution is -2.14. The number of anilines is 2. The second-order valence-electron chi connectivity index (χ2n) is 4.91. The molecular formula is C14H14FN3O2S. The van der Waals surface area contributed by atoms with E-state index in [4.69, 9.17) is 0 Å². The Kier molecular flexibility index (Phi) is 3.50. The molecule has 3 rings (SSSR count). The fraction of sp³-hybridized carbons (Fsp3) is 0.214. The van der Waals surface area contributed by atoms with Crippen LogP contribution in [0.15, 0.2) is 47.5 Å². The molecule has 1 heterocycles. The maximum absolute atomic E-state index is 12.8. The molecule has 1 aromatic heterocycles. The third-order valence-electron chi connectivity index (χ3n) is 3.07. The molecule has 1 aliphatic carbocycles. The van der Waals surface area contributed by atoms with Crippen molar-refractivity contribution >= 4 is 21.5 Å². The molecule has 7 heteroatoms. The predicted octanol–water partition coefficient (Wildman–Crippen LogP) is 2.60. The monoisotopic (exact) mass is 307 g/mol. The summed E-state index contributed by atoms with van der Waals surface area (Å²) in [6, 6.07) is 8.49. The van der Waals surface area contributed by atoms with Crippen LogP contribution in [0.4, 0.5) is 15.9 Å². The highest BCUT2D eigenvalue weighted by Crippen LogP contribution is 2.24. The van der Waals surface area contributed by atoms with E-state index in [1.54, 1.807) is 18.3 Å². The molecule has 2 aromatic rings. The van der Waals surface area contributed by atoms with Gasteiger partial charge >= 0.3 is 0 Å². The van der Waals surface area contributed by atoms with E-state index in [-0.39, 0.29) is 10.7 Å². The summed E-state index contributed by atoms with van der Waals surface area (Å²) in [5, 5.41) is 3.26. The molecule has 2 N–H and O–H groups in total. The third kappa shape index (κ3) is 3.49. The number of benzene rings is 1. The van der Waals surface area contributed by atoms with Crippen molar-refractivity contribution in [1.82, 2.24) is 4.98 Å². The topological polar surface area (TPSA) is 71.1 Å². The van der Waals surface area contributed by atoms with Gasteiger partial charge in [-0.3, -0.25) is 4.72 Å². The summed E-state index contributed by atoms with van der Waals surface area (Å²) in [5.41, 5.74) is 0.863. The van der Waals surface area contributed by atoms with Crippen molar-refractivity contribution in [1.29, 1.82) is 0 Å². The van der Waals surface area contributed by atoms with Crippen molar-refractivity contribution in [3.05, 3.63) is 48.4 Å². The van der Waals surface area contributed by atoms with Gasteiger partial charge in [0.1, 0.15) is 11.6 Å². The quantitative estimate of drug-likeness (QED) is 0.890. The van der Waals surface area contributed by atoms with Gasteiger partial charge in [-0.2, -0.15) is 0 Å². The minimum absolute atomic E-state index is 0.00844. The third-order valence-corrected chi connectivity index (χ3v) is 4.45. The normalized spacial score (nSPS) is 14.7. The van der Waals surface area contributed by atoms with Gasteiger partial charge < -0.3 is 5.32 Å². The van der Waals surface area contributed by atoms with E-state index in [0.29, 0.717) is 6.04 Å². The van der Waals surface area contributed by atoms with Crippen LogP contribution in [0, 0.1) is 5.82 Å². The highest BCUT2D eigenvalue weighted by molar-refractivity contribution is 7.92. The number of pyridine rings is 1. The van der Waals surface area contributed by atoms with E-state index in [2.05, 4.69) is 15.0 Å². The summed E-state index contributed by atoms with van der Waals surface area (Å²) in [7, 11) is -3.75. The van der Waals surface area contributed by atoms with Crippen LogP contribution in [-0.4, -0.2) is 19.4 Å². The van der Waals surface area contributed by atoms with Crippen LogP contribution in [0.25, 0.3) is 0 Å².